The van der Waals surface area contributed by atoms with Crippen LogP contribution in [-0.2, 0) is 9.53 Å². The molecule has 1 saturated heterocycles. The molecule has 4 nitrogen and oxygen atoms in total. The fraction of sp³-hybridized carbons (Fsp3) is 0.923. The lowest BCUT2D eigenvalue weighted by molar-refractivity contribution is -0.128. The minimum atomic E-state index is 0.0249. The average Bonchev–Trinajstić information content (AvgIpc) is 2.35. The number of carbonyl (C=O) groups is 1. The third kappa shape index (κ3) is 3.96. The molecule has 4 heteroatoms. The van der Waals surface area contributed by atoms with Gasteiger partial charge in [-0.2, -0.15) is 0 Å². The number of rotatable bonds is 5. The molecule has 1 rings (SSSR count). The van der Waals surface area contributed by atoms with E-state index in [0.717, 1.165) is 32.3 Å². The Balaban J connectivity index is 2.42. The van der Waals surface area contributed by atoms with Gasteiger partial charge < -0.3 is 15.0 Å². The molecule has 1 fully saturated rings. The number of likely N-dealkylation sites (N-methyl/N-ethyl adjacent to an activating group) is 1. The number of nitrogens with one attached hydrogen (secondary N) is 1. The minimum Gasteiger partial charge on any atom is -0.375 e. The molecule has 0 bridgehead atoms. The van der Waals surface area contributed by atoms with Crippen LogP contribution >= 0.6 is 0 Å². The van der Waals surface area contributed by atoms with Crippen LogP contribution in [0.4, 0.5) is 0 Å². The number of hydrogen-bond donors (Lipinski definition) is 1. The highest BCUT2D eigenvalue weighted by atomic mass is 16.5. The van der Waals surface area contributed by atoms with E-state index in [-0.39, 0.29) is 11.5 Å². The molecule has 1 atom stereocenters. The van der Waals surface area contributed by atoms with Gasteiger partial charge in [0.2, 0.25) is 5.91 Å². The molecule has 1 N–H and O–H groups in total. The van der Waals surface area contributed by atoms with Gasteiger partial charge in [0.05, 0.1) is 12.1 Å². The van der Waals surface area contributed by atoms with Crippen molar-refractivity contribution in [1.29, 1.82) is 0 Å². The van der Waals surface area contributed by atoms with Crippen LogP contribution in [0.3, 0.4) is 0 Å². The maximum absolute atomic E-state index is 11.5. The maximum atomic E-state index is 11.5. The lowest BCUT2D eigenvalue weighted by Crippen LogP contribution is -2.48. The molecule has 0 spiro atoms. The van der Waals surface area contributed by atoms with Crippen LogP contribution in [0.25, 0.3) is 0 Å². The van der Waals surface area contributed by atoms with Crippen LogP contribution < -0.4 is 5.32 Å². The lowest BCUT2D eigenvalue weighted by Gasteiger charge is -2.40. The quantitative estimate of drug-likeness (QED) is 0.792. The number of ether oxygens (including phenoxy) is 1. The Morgan fingerprint density at radius 1 is 1.41 bits per heavy atom. The van der Waals surface area contributed by atoms with Crippen molar-refractivity contribution < 1.29 is 9.53 Å². The van der Waals surface area contributed by atoms with E-state index in [2.05, 4.69) is 19.2 Å². The number of nitrogens with zero attached hydrogens (tertiary/aromatic N) is 1. The number of carbonyl (C=O) groups excluding carboxylic acids is 1. The van der Waals surface area contributed by atoms with Gasteiger partial charge in [0, 0.05) is 26.7 Å². The summed E-state index contributed by atoms with van der Waals surface area (Å²) in [4.78, 5) is 13.1. The minimum absolute atomic E-state index is 0.0249. The molecule has 1 unspecified atom stereocenters. The van der Waals surface area contributed by atoms with Crippen LogP contribution in [0, 0.1) is 0 Å². The van der Waals surface area contributed by atoms with E-state index in [1.165, 1.54) is 0 Å². The summed E-state index contributed by atoms with van der Waals surface area (Å²) in [5, 5.41) is 3.35. The van der Waals surface area contributed by atoms with E-state index in [1.54, 1.807) is 19.0 Å². The third-order valence-corrected chi connectivity index (χ3v) is 3.82. The zero-order valence-electron chi connectivity index (χ0n) is 11.6. The molecular formula is C13H26N2O2. The second-order valence-corrected chi connectivity index (χ2v) is 5.10. The van der Waals surface area contributed by atoms with Crippen molar-refractivity contribution >= 4 is 5.91 Å². The Morgan fingerprint density at radius 3 is 2.59 bits per heavy atom. The first kappa shape index (κ1) is 14.5. The molecule has 0 aromatic rings. The third-order valence-electron chi connectivity index (χ3n) is 3.82. The lowest BCUT2D eigenvalue weighted by atomic mass is 9.86. The van der Waals surface area contributed by atoms with Gasteiger partial charge in [-0.25, -0.2) is 0 Å². The monoisotopic (exact) mass is 242 g/mol. The van der Waals surface area contributed by atoms with E-state index in [0.29, 0.717) is 12.6 Å². The molecule has 1 aliphatic rings. The van der Waals surface area contributed by atoms with E-state index in [9.17, 15) is 4.79 Å². The SMILES string of the molecule is CCC1(CC)CC(NCC(=O)N(C)C)CCO1. The van der Waals surface area contributed by atoms with Gasteiger partial charge >= 0.3 is 0 Å². The van der Waals surface area contributed by atoms with E-state index in [4.69, 9.17) is 4.74 Å². The van der Waals surface area contributed by atoms with Crippen molar-refractivity contribution in [3.8, 4) is 0 Å². The molecule has 17 heavy (non-hydrogen) atoms. The highest BCUT2D eigenvalue weighted by Gasteiger charge is 2.34. The molecular weight excluding hydrogens is 216 g/mol. The molecule has 0 aromatic heterocycles. The van der Waals surface area contributed by atoms with Crippen molar-refractivity contribution in [2.45, 2.75) is 51.2 Å². The Bertz CT molecular complexity index is 250. The molecule has 0 aromatic carbocycles. The van der Waals surface area contributed by atoms with E-state index in [1.807, 2.05) is 0 Å². The summed E-state index contributed by atoms with van der Waals surface area (Å²) in [6, 6.07) is 0.410. The first-order valence-corrected chi connectivity index (χ1v) is 6.60. The standard InChI is InChI=1S/C13H26N2O2/c1-5-13(6-2)9-11(7-8-17-13)14-10-12(16)15(3)4/h11,14H,5-10H2,1-4H3. The number of amides is 1. The van der Waals surface area contributed by atoms with Crippen molar-refractivity contribution in [2.24, 2.45) is 0 Å². The zero-order valence-corrected chi connectivity index (χ0v) is 11.6. The zero-order chi connectivity index (χ0) is 12.9. The second-order valence-electron chi connectivity index (χ2n) is 5.10. The van der Waals surface area contributed by atoms with Gasteiger partial charge in [0.25, 0.3) is 0 Å². The second kappa shape index (κ2) is 6.36. The molecule has 100 valence electrons. The maximum Gasteiger partial charge on any atom is 0.236 e. The summed E-state index contributed by atoms with van der Waals surface area (Å²) in [7, 11) is 3.58. The predicted molar refractivity (Wildman–Crippen MR) is 69.0 cm³/mol. The first-order chi connectivity index (χ1) is 8.03. The van der Waals surface area contributed by atoms with Crippen LogP contribution in [0.5, 0.6) is 0 Å². The van der Waals surface area contributed by atoms with Gasteiger partial charge in [-0.15, -0.1) is 0 Å². The Hall–Kier alpha value is -0.610. The van der Waals surface area contributed by atoms with Gasteiger partial charge in [0.1, 0.15) is 0 Å². The predicted octanol–water partition coefficient (Wildman–Crippen LogP) is 1.40. The van der Waals surface area contributed by atoms with Crippen LogP contribution in [0.1, 0.15) is 39.5 Å². The molecule has 1 heterocycles. The normalized spacial score (nSPS) is 23.4. The molecule has 0 aliphatic carbocycles. The summed E-state index contributed by atoms with van der Waals surface area (Å²) >= 11 is 0. The van der Waals surface area contributed by atoms with Crippen molar-refractivity contribution in [3.05, 3.63) is 0 Å². The molecule has 0 saturated carbocycles. The van der Waals surface area contributed by atoms with Crippen LogP contribution in [0.15, 0.2) is 0 Å². The molecule has 0 radical (unpaired) electrons. The highest BCUT2D eigenvalue weighted by molar-refractivity contribution is 5.77. The van der Waals surface area contributed by atoms with Crippen LogP contribution in [-0.4, -0.2) is 49.7 Å². The van der Waals surface area contributed by atoms with Gasteiger partial charge in [-0.3, -0.25) is 4.79 Å². The largest absolute Gasteiger partial charge is 0.375 e. The Morgan fingerprint density at radius 2 is 2.06 bits per heavy atom. The highest BCUT2D eigenvalue weighted by Crippen LogP contribution is 2.31. The first-order valence-electron chi connectivity index (χ1n) is 6.60. The van der Waals surface area contributed by atoms with E-state index < -0.39 is 0 Å². The van der Waals surface area contributed by atoms with Crippen molar-refractivity contribution in [2.75, 3.05) is 27.2 Å². The van der Waals surface area contributed by atoms with Gasteiger partial charge in [0.15, 0.2) is 0 Å². The summed E-state index contributed by atoms with van der Waals surface area (Å²) in [6.45, 7) is 5.59. The van der Waals surface area contributed by atoms with E-state index >= 15 is 0 Å². The average molecular weight is 242 g/mol. The molecule has 1 aliphatic heterocycles. The Labute approximate surface area is 105 Å². The topological polar surface area (TPSA) is 41.6 Å². The fourth-order valence-electron chi connectivity index (χ4n) is 2.33. The molecule has 1 amide bonds. The summed E-state index contributed by atoms with van der Waals surface area (Å²) in [5.74, 6) is 0.134. The smallest absolute Gasteiger partial charge is 0.236 e. The van der Waals surface area contributed by atoms with Gasteiger partial charge in [-0.05, 0) is 25.7 Å². The summed E-state index contributed by atoms with van der Waals surface area (Å²) in [5.41, 5.74) is 0.0249. The Kier molecular flexibility index (Phi) is 5.40. The number of hydrogen-bond acceptors (Lipinski definition) is 3. The fourth-order valence-corrected chi connectivity index (χ4v) is 2.33. The van der Waals surface area contributed by atoms with Crippen LogP contribution in [0.2, 0.25) is 0 Å². The van der Waals surface area contributed by atoms with Gasteiger partial charge in [-0.1, -0.05) is 13.8 Å². The van der Waals surface area contributed by atoms with Crippen molar-refractivity contribution in [1.82, 2.24) is 10.2 Å². The summed E-state index contributed by atoms with van der Waals surface area (Å²) in [6.07, 6.45) is 4.11. The summed E-state index contributed by atoms with van der Waals surface area (Å²) < 4.78 is 5.91. The van der Waals surface area contributed by atoms with Crippen molar-refractivity contribution in [3.63, 3.8) is 0 Å².